The summed E-state index contributed by atoms with van der Waals surface area (Å²) in [5.74, 6) is 0. The van der Waals surface area contributed by atoms with Gasteiger partial charge in [-0.2, -0.15) is 13.2 Å². The van der Waals surface area contributed by atoms with Gasteiger partial charge in [0.1, 0.15) is 6.04 Å². The van der Waals surface area contributed by atoms with Crippen LogP contribution in [0.4, 0.5) is 13.2 Å². The van der Waals surface area contributed by atoms with Crippen molar-refractivity contribution >= 4 is 0 Å². The van der Waals surface area contributed by atoms with Crippen molar-refractivity contribution in [2.45, 2.75) is 24.7 Å². The van der Waals surface area contributed by atoms with E-state index < -0.39 is 12.2 Å². The largest absolute Gasteiger partial charge is 0.404 e. The van der Waals surface area contributed by atoms with Crippen LogP contribution in [0.1, 0.15) is 18.0 Å². The lowest BCUT2D eigenvalue weighted by molar-refractivity contribution is -0.196. The van der Waals surface area contributed by atoms with Gasteiger partial charge in [0, 0.05) is 25.7 Å². The van der Waals surface area contributed by atoms with Crippen LogP contribution in [0.3, 0.4) is 0 Å². The minimum atomic E-state index is -4.25. The molecule has 118 valence electrons. The molecule has 0 radical (unpaired) electrons. The van der Waals surface area contributed by atoms with Crippen LogP contribution < -0.4 is 5.73 Å². The van der Waals surface area contributed by atoms with Gasteiger partial charge in [-0.25, -0.2) is 0 Å². The van der Waals surface area contributed by atoms with E-state index in [4.69, 9.17) is 5.73 Å². The zero-order valence-electron chi connectivity index (χ0n) is 12.2. The Balaban J connectivity index is 2.29. The molecular formula is C15H22F3N3. The van der Waals surface area contributed by atoms with Crippen LogP contribution in [0.2, 0.25) is 0 Å². The lowest BCUT2D eigenvalue weighted by atomic mass is 9.99. The Morgan fingerprint density at radius 2 is 1.90 bits per heavy atom. The van der Waals surface area contributed by atoms with Crippen molar-refractivity contribution in [1.29, 1.82) is 0 Å². The highest BCUT2D eigenvalue weighted by Gasteiger charge is 2.46. The first-order valence-corrected chi connectivity index (χ1v) is 7.19. The molecule has 6 heteroatoms. The van der Waals surface area contributed by atoms with E-state index in [2.05, 4.69) is 4.90 Å². The maximum absolute atomic E-state index is 13.4. The van der Waals surface area contributed by atoms with E-state index >= 15 is 0 Å². The second kappa shape index (κ2) is 6.77. The van der Waals surface area contributed by atoms with E-state index in [1.54, 1.807) is 4.90 Å². The smallest absolute Gasteiger partial charge is 0.330 e. The van der Waals surface area contributed by atoms with Crippen LogP contribution in [0.5, 0.6) is 0 Å². The number of piperazine rings is 1. The molecule has 0 bridgehead atoms. The van der Waals surface area contributed by atoms with Crippen molar-refractivity contribution in [3.05, 3.63) is 35.9 Å². The van der Waals surface area contributed by atoms with Crippen molar-refractivity contribution in [3.63, 3.8) is 0 Å². The van der Waals surface area contributed by atoms with Crippen LogP contribution in [0, 0.1) is 0 Å². The third kappa shape index (κ3) is 3.96. The summed E-state index contributed by atoms with van der Waals surface area (Å²) in [6.07, 6.45) is -4.31. The van der Waals surface area contributed by atoms with Crippen LogP contribution in [-0.2, 0) is 0 Å². The predicted molar refractivity (Wildman–Crippen MR) is 76.9 cm³/mol. The van der Waals surface area contributed by atoms with Crippen molar-refractivity contribution in [2.24, 2.45) is 5.73 Å². The SMILES string of the molecule is CN1CCN(C(CCN)C(F)(F)F)C(c2ccccc2)C1. The fourth-order valence-corrected chi connectivity index (χ4v) is 2.95. The summed E-state index contributed by atoms with van der Waals surface area (Å²) in [6.45, 7) is 1.68. The highest BCUT2D eigenvalue weighted by atomic mass is 19.4. The van der Waals surface area contributed by atoms with Crippen LogP contribution in [0.15, 0.2) is 30.3 Å². The monoisotopic (exact) mass is 301 g/mol. The Hall–Kier alpha value is -1.11. The molecule has 2 unspecified atom stereocenters. The first-order chi connectivity index (χ1) is 9.93. The highest BCUT2D eigenvalue weighted by molar-refractivity contribution is 5.20. The first-order valence-electron chi connectivity index (χ1n) is 7.19. The number of benzene rings is 1. The lowest BCUT2D eigenvalue weighted by Crippen LogP contribution is -2.55. The van der Waals surface area contributed by atoms with E-state index in [9.17, 15) is 13.2 Å². The lowest BCUT2D eigenvalue weighted by Gasteiger charge is -2.45. The molecule has 1 aromatic carbocycles. The van der Waals surface area contributed by atoms with E-state index in [1.807, 2.05) is 37.4 Å². The molecule has 0 spiro atoms. The fourth-order valence-electron chi connectivity index (χ4n) is 2.95. The van der Waals surface area contributed by atoms with Crippen LogP contribution in [0.25, 0.3) is 0 Å². The van der Waals surface area contributed by atoms with E-state index in [0.717, 1.165) is 5.56 Å². The standard InChI is InChI=1S/C15H22F3N3/c1-20-9-10-21(14(7-8-19)15(16,17)18)13(11-20)12-5-3-2-4-6-12/h2-6,13-14H,7-11,19H2,1H3. The second-order valence-electron chi connectivity index (χ2n) is 5.56. The first kappa shape index (κ1) is 16.3. The van der Waals surface area contributed by atoms with Gasteiger partial charge >= 0.3 is 6.18 Å². The topological polar surface area (TPSA) is 32.5 Å². The van der Waals surface area contributed by atoms with Gasteiger partial charge in [0.05, 0.1) is 0 Å². The minimum Gasteiger partial charge on any atom is -0.330 e. The Kier molecular flexibility index (Phi) is 5.24. The molecule has 1 aliphatic rings. The van der Waals surface area contributed by atoms with Gasteiger partial charge in [0.15, 0.2) is 0 Å². The van der Waals surface area contributed by atoms with Crippen LogP contribution >= 0.6 is 0 Å². The van der Waals surface area contributed by atoms with Gasteiger partial charge in [-0.3, -0.25) is 4.90 Å². The number of halogens is 3. The normalized spacial score (nSPS) is 23.2. The van der Waals surface area contributed by atoms with Gasteiger partial charge in [0.25, 0.3) is 0 Å². The maximum atomic E-state index is 13.4. The summed E-state index contributed by atoms with van der Waals surface area (Å²) in [7, 11) is 1.94. The molecule has 1 aliphatic heterocycles. The average molecular weight is 301 g/mol. The molecule has 0 aliphatic carbocycles. The van der Waals surface area contributed by atoms with Crippen molar-refractivity contribution < 1.29 is 13.2 Å². The summed E-state index contributed by atoms with van der Waals surface area (Å²) >= 11 is 0. The quantitative estimate of drug-likeness (QED) is 0.926. The number of hydrogen-bond acceptors (Lipinski definition) is 3. The van der Waals surface area contributed by atoms with Gasteiger partial charge in [-0.1, -0.05) is 30.3 Å². The number of likely N-dealkylation sites (N-methyl/N-ethyl adjacent to an activating group) is 1. The predicted octanol–water partition coefficient (Wildman–Crippen LogP) is 2.25. The molecule has 2 N–H and O–H groups in total. The second-order valence-corrected chi connectivity index (χ2v) is 5.56. The van der Waals surface area contributed by atoms with Gasteiger partial charge in [0.2, 0.25) is 0 Å². The molecule has 1 saturated heterocycles. The molecule has 2 atom stereocenters. The molecule has 1 aromatic rings. The molecule has 0 amide bonds. The summed E-state index contributed by atoms with van der Waals surface area (Å²) < 4.78 is 40.1. The zero-order chi connectivity index (χ0) is 15.5. The molecule has 0 saturated carbocycles. The van der Waals surface area contributed by atoms with Crippen molar-refractivity contribution in [3.8, 4) is 0 Å². The van der Waals surface area contributed by atoms with Crippen molar-refractivity contribution in [2.75, 3.05) is 33.2 Å². The third-order valence-corrected chi connectivity index (χ3v) is 4.03. The van der Waals surface area contributed by atoms with Gasteiger partial charge < -0.3 is 10.6 Å². The van der Waals surface area contributed by atoms with Crippen LogP contribution in [-0.4, -0.2) is 55.2 Å². The minimum absolute atomic E-state index is 0.0397. The summed E-state index contributed by atoms with van der Waals surface area (Å²) in [5, 5.41) is 0. The van der Waals surface area contributed by atoms with Gasteiger partial charge in [-0.15, -0.1) is 0 Å². The Labute approximate surface area is 123 Å². The Morgan fingerprint density at radius 3 is 2.48 bits per heavy atom. The third-order valence-electron chi connectivity index (χ3n) is 4.03. The summed E-state index contributed by atoms with van der Waals surface area (Å²) in [6, 6.07) is 7.69. The van der Waals surface area contributed by atoms with E-state index in [1.165, 1.54) is 0 Å². The van der Waals surface area contributed by atoms with Gasteiger partial charge in [-0.05, 0) is 25.6 Å². The van der Waals surface area contributed by atoms with Crippen molar-refractivity contribution in [1.82, 2.24) is 9.80 Å². The zero-order valence-corrected chi connectivity index (χ0v) is 12.2. The Bertz CT molecular complexity index is 436. The Morgan fingerprint density at radius 1 is 1.24 bits per heavy atom. The number of rotatable bonds is 4. The maximum Gasteiger partial charge on any atom is 0.404 e. The number of nitrogens with two attached hydrogens (primary N) is 1. The van der Waals surface area contributed by atoms with E-state index in [-0.39, 0.29) is 19.0 Å². The fraction of sp³-hybridized carbons (Fsp3) is 0.600. The number of hydrogen-bond donors (Lipinski definition) is 1. The molecule has 3 nitrogen and oxygen atoms in total. The molecule has 1 heterocycles. The molecule has 21 heavy (non-hydrogen) atoms. The molecule has 2 rings (SSSR count). The summed E-state index contributed by atoms with van der Waals surface area (Å²) in [4.78, 5) is 3.65. The summed E-state index contributed by atoms with van der Waals surface area (Å²) in [5.41, 5.74) is 6.33. The number of nitrogens with zero attached hydrogens (tertiary/aromatic N) is 2. The molecule has 1 fully saturated rings. The average Bonchev–Trinajstić information content (AvgIpc) is 2.45. The van der Waals surface area contributed by atoms with E-state index in [0.29, 0.717) is 19.6 Å². The highest BCUT2D eigenvalue weighted by Crippen LogP contribution is 2.35. The molecule has 0 aromatic heterocycles. The molecular weight excluding hydrogens is 279 g/mol. The number of alkyl halides is 3.